The summed E-state index contributed by atoms with van der Waals surface area (Å²) >= 11 is 0. The van der Waals surface area contributed by atoms with Crippen LogP contribution in [-0.2, 0) is 9.53 Å². The highest BCUT2D eigenvalue weighted by Gasteiger charge is 2.17. The summed E-state index contributed by atoms with van der Waals surface area (Å²) in [6.07, 6.45) is 0.787. The van der Waals surface area contributed by atoms with E-state index < -0.39 is 12.1 Å². The van der Waals surface area contributed by atoms with Crippen molar-refractivity contribution in [1.82, 2.24) is 4.90 Å². The first kappa shape index (κ1) is 14.4. The van der Waals surface area contributed by atoms with E-state index >= 15 is 0 Å². The van der Waals surface area contributed by atoms with Crippen molar-refractivity contribution in [3.05, 3.63) is 0 Å². The van der Waals surface area contributed by atoms with Crippen molar-refractivity contribution >= 4 is 5.97 Å². The van der Waals surface area contributed by atoms with Gasteiger partial charge < -0.3 is 14.7 Å². The van der Waals surface area contributed by atoms with E-state index in [9.17, 15) is 4.79 Å². The molecule has 0 spiro atoms. The molecular formula is C11H23NO3. The Morgan fingerprint density at radius 1 is 1.40 bits per heavy atom. The number of hydrogen-bond donors (Lipinski definition) is 1. The van der Waals surface area contributed by atoms with Crippen molar-refractivity contribution in [2.24, 2.45) is 5.92 Å². The molecule has 4 nitrogen and oxygen atoms in total. The van der Waals surface area contributed by atoms with E-state index in [2.05, 4.69) is 0 Å². The van der Waals surface area contributed by atoms with Crippen LogP contribution >= 0.6 is 0 Å². The lowest BCUT2D eigenvalue weighted by atomic mass is 10.2. The number of carboxylic acid groups (broad SMARTS) is 1. The summed E-state index contributed by atoms with van der Waals surface area (Å²) in [5.74, 6) is -0.477. The number of carboxylic acids is 1. The van der Waals surface area contributed by atoms with Gasteiger partial charge in [0.25, 0.3) is 0 Å². The average molecular weight is 217 g/mol. The van der Waals surface area contributed by atoms with Gasteiger partial charge in [-0.05, 0) is 39.4 Å². The Labute approximate surface area is 92.2 Å². The molecule has 0 saturated carbocycles. The first-order valence-corrected chi connectivity index (χ1v) is 5.42. The Kier molecular flexibility index (Phi) is 7.34. The zero-order valence-corrected chi connectivity index (χ0v) is 10.2. The second-order valence-corrected chi connectivity index (χ2v) is 4.50. The number of hydrogen-bond acceptors (Lipinski definition) is 3. The molecule has 1 unspecified atom stereocenters. The Bertz CT molecular complexity index is 181. The Morgan fingerprint density at radius 2 is 2.00 bits per heavy atom. The quantitative estimate of drug-likeness (QED) is 0.668. The van der Waals surface area contributed by atoms with Crippen LogP contribution in [0.25, 0.3) is 0 Å². The number of rotatable bonds is 8. The van der Waals surface area contributed by atoms with Crippen LogP contribution in [0.15, 0.2) is 0 Å². The molecule has 0 bridgehead atoms. The molecule has 0 amide bonds. The zero-order chi connectivity index (χ0) is 11.8. The molecule has 1 N–H and O–H groups in total. The minimum absolute atomic E-state index is 0.376. The van der Waals surface area contributed by atoms with Crippen LogP contribution in [0.5, 0.6) is 0 Å². The van der Waals surface area contributed by atoms with Gasteiger partial charge in [-0.2, -0.15) is 0 Å². The molecule has 90 valence electrons. The summed E-state index contributed by atoms with van der Waals surface area (Å²) in [5, 5.41) is 8.91. The van der Waals surface area contributed by atoms with Crippen molar-refractivity contribution in [1.29, 1.82) is 0 Å². The average Bonchev–Trinajstić information content (AvgIpc) is 2.09. The van der Waals surface area contributed by atoms with Gasteiger partial charge in [-0.3, -0.25) is 0 Å². The van der Waals surface area contributed by atoms with Crippen molar-refractivity contribution in [3.63, 3.8) is 0 Å². The van der Waals surface area contributed by atoms with Gasteiger partial charge in [-0.1, -0.05) is 13.8 Å². The fourth-order valence-electron chi connectivity index (χ4n) is 1.18. The topological polar surface area (TPSA) is 49.8 Å². The van der Waals surface area contributed by atoms with Crippen molar-refractivity contribution in [3.8, 4) is 0 Å². The number of nitrogens with zero attached hydrogens (tertiary/aromatic N) is 1. The van der Waals surface area contributed by atoms with E-state index in [0.717, 1.165) is 13.0 Å². The predicted molar refractivity (Wildman–Crippen MR) is 60.0 cm³/mol. The molecule has 1 atom stereocenters. The molecule has 4 heteroatoms. The number of ether oxygens (including phenoxy) is 1. The lowest BCUT2D eigenvalue weighted by Gasteiger charge is -2.16. The largest absolute Gasteiger partial charge is 0.479 e. The van der Waals surface area contributed by atoms with Crippen LogP contribution < -0.4 is 0 Å². The molecule has 0 saturated heterocycles. The molecule has 15 heavy (non-hydrogen) atoms. The summed E-state index contributed by atoms with van der Waals surface area (Å²) in [6.45, 7) is 5.44. The van der Waals surface area contributed by atoms with E-state index in [4.69, 9.17) is 9.84 Å². The third-order valence-electron chi connectivity index (χ3n) is 1.98. The number of carbonyl (C=O) groups is 1. The maximum absolute atomic E-state index is 10.8. The molecule has 0 aliphatic rings. The Morgan fingerprint density at radius 3 is 2.40 bits per heavy atom. The number of aliphatic carboxylic acids is 1. The van der Waals surface area contributed by atoms with E-state index in [1.54, 1.807) is 0 Å². The van der Waals surface area contributed by atoms with Crippen LogP contribution in [0.4, 0.5) is 0 Å². The van der Waals surface area contributed by atoms with Gasteiger partial charge in [-0.15, -0.1) is 0 Å². The van der Waals surface area contributed by atoms with Crippen LogP contribution in [0.1, 0.15) is 26.7 Å². The second-order valence-electron chi connectivity index (χ2n) is 4.50. The Hall–Kier alpha value is -0.610. The third-order valence-corrected chi connectivity index (χ3v) is 1.98. The minimum atomic E-state index is -0.852. The summed E-state index contributed by atoms with van der Waals surface area (Å²) < 4.78 is 5.33. The van der Waals surface area contributed by atoms with Gasteiger partial charge >= 0.3 is 5.97 Å². The van der Waals surface area contributed by atoms with Crippen LogP contribution in [0.2, 0.25) is 0 Å². The molecule has 0 aromatic rings. The molecular weight excluding hydrogens is 194 g/mol. The SMILES string of the molecule is CC(C)COC(CCCN(C)C)C(=O)O. The minimum Gasteiger partial charge on any atom is -0.479 e. The standard InChI is InChI=1S/C11H23NO3/c1-9(2)8-15-10(11(13)14)6-5-7-12(3)4/h9-10H,5-8H2,1-4H3,(H,13,14). The Balaban J connectivity index is 3.79. The van der Waals surface area contributed by atoms with Gasteiger partial charge in [0, 0.05) is 0 Å². The lowest BCUT2D eigenvalue weighted by molar-refractivity contribution is -0.151. The van der Waals surface area contributed by atoms with Crippen molar-refractivity contribution in [2.45, 2.75) is 32.8 Å². The van der Waals surface area contributed by atoms with Gasteiger partial charge in [0.15, 0.2) is 6.10 Å². The van der Waals surface area contributed by atoms with E-state index in [1.807, 2.05) is 32.8 Å². The van der Waals surface area contributed by atoms with E-state index in [1.165, 1.54) is 0 Å². The van der Waals surface area contributed by atoms with Gasteiger partial charge in [-0.25, -0.2) is 4.79 Å². The van der Waals surface area contributed by atoms with Crippen molar-refractivity contribution in [2.75, 3.05) is 27.2 Å². The maximum Gasteiger partial charge on any atom is 0.332 e. The summed E-state index contributed by atoms with van der Waals surface area (Å²) in [7, 11) is 3.95. The maximum atomic E-state index is 10.8. The van der Waals surface area contributed by atoms with E-state index in [-0.39, 0.29) is 0 Å². The molecule has 0 heterocycles. The van der Waals surface area contributed by atoms with Gasteiger partial charge in [0.05, 0.1) is 6.61 Å². The molecule has 0 aromatic heterocycles. The van der Waals surface area contributed by atoms with Crippen LogP contribution in [0, 0.1) is 5.92 Å². The first-order valence-electron chi connectivity index (χ1n) is 5.42. The zero-order valence-electron chi connectivity index (χ0n) is 10.2. The van der Waals surface area contributed by atoms with Crippen molar-refractivity contribution < 1.29 is 14.6 Å². The van der Waals surface area contributed by atoms with Gasteiger partial charge in [0.1, 0.15) is 0 Å². The fraction of sp³-hybridized carbons (Fsp3) is 0.909. The lowest BCUT2D eigenvalue weighted by Crippen LogP contribution is -2.27. The van der Waals surface area contributed by atoms with Gasteiger partial charge in [0.2, 0.25) is 0 Å². The fourth-order valence-corrected chi connectivity index (χ4v) is 1.18. The highest BCUT2D eigenvalue weighted by atomic mass is 16.5. The summed E-state index contributed by atoms with van der Waals surface area (Å²) in [6, 6.07) is 0. The normalized spacial score (nSPS) is 13.5. The smallest absolute Gasteiger partial charge is 0.332 e. The molecule has 0 aromatic carbocycles. The molecule has 0 radical (unpaired) electrons. The molecule has 0 aliphatic heterocycles. The first-order chi connectivity index (χ1) is 6.93. The third kappa shape index (κ3) is 8.39. The highest BCUT2D eigenvalue weighted by molar-refractivity contribution is 5.72. The predicted octanol–water partition coefficient (Wildman–Crippen LogP) is 1.45. The second kappa shape index (κ2) is 7.65. The molecule has 0 rings (SSSR count). The van der Waals surface area contributed by atoms with Crippen LogP contribution in [0.3, 0.4) is 0 Å². The van der Waals surface area contributed by atoms with E-state index in [0.29, 0.717) is 18.9 Å². The summed E-state index contributed by atoms with van der Waals surface area (Å²) in [5.41, 5.74) is 0. The highest BCUT2D eigenvalue weighted by Crippen LogP contribution is 2.06. The monoisotopic (exact) mass is 217 g/mol. The van der Waals surface area contributed by atoms with Crippen LogP contribution in [-0.4, -0.2) is 49.3 Å². The molecule has 0 aliphatic carbocycles. The molecule has 0 fully saturated rings. The summed E-state index contributed by atoms with van der Waals surface area (Å²) in [4.78, 5) is 12.9.